The van der Waals surface area contributed by atoms with Crippen LogP contribution >= 0.6 is 0 Å². The van der Waals surface area contributed by atoms with Crippen molar-refractivity contribution in [1.29, 1.82) is 0 Å². The van der Waals surface area contributed by atoms with Crippen LogP contribution in [0.15, 0.2) is 0 Å². The smallest absolute Gasteiger partial charge is 0.108 e. The summed E-state index contributed by atoms with van der Waals surface area (Å²) in [6.45, 7) is 4.46. The second-order valence-electron chi connectivity index (χ2n) is 1.88. The summed E-state index contributed by atoms with van der Waals surface area (Å²) in [7, 11) is 0. The highest BCUT2D eigenvalue weighted by atomic mass is 16.3. The molecule has 1 atom stereocenters. The van der Waals surface area contributed by atoms with Gasteiger partial charge in [0, 0.05) is 0 Å². The first-order valence-corrected chi connectivity index (χ1v) is 2.34. The average Bonchev–Trinajstić information content (AvgIpc) is 1.65. The topological polar surface area (TPSA) is 40.5 Å². The lowest BCUT2D eigenvalue weighted by molar-refractivity contribution is 0.104. The van der Waals surface area contributed by atoms with Gasteiger partial charge in [0.25, 0.3) is 0 Å². The van der Waals surface area contributed by atoms with Gasteiger partial charge in [-0.15, -0.1) is 0 Å². The van der Waals surface area contributed by atoms with Gasteiger partial charge < -0.3 is 10.2 Å². The maximum absolute atomic E-state index is 8.63. The third-order valence-corrected chi connectivity index (χ3v) is 0.836. The zero-order valence-corrected chi connectivity index (χ0v) is 4.63. The van der Waals surface area contributed by atoms with Gasteiger partial charge in [0.1, 0.15) is 6.61 Å². The summed E-state index contributed by atoms with van der Waals surface area (Å²) in [5.41, 5.74) is 0. The molecule has 0 aromatic heterocycles. The van der Waals surface area contributed by atoms with E-state index in [1.165, 1.54) is 0 Å². The molecule has 0 saturated heterocycles. The van der Waals surface area contributed by atoms with Crippen molar-refractivity contribution in [2.75, 3.05) is 0 Å². The largest absolute Gasteiger partial charge is 0.390 e. The Kier molecular flexibility index (Phi) is 2.96. The Morgan fingerprint density at radius 2 is 1.86 bits per heavy atom. The predicted octanol–water partition coefficient (Wildman–Crippen LogP) is 0.538. The molecule has 0 aromatic carbocycles. The third-order valence-electron chi connectivity index (χ3n) is 0.836. The van der Waals surface area contributed by atoms with E-state index in [0.29, 0.717) is 0 Å². The number of hydrogen-bond donors (Lipinski definition) is 2. The number of aliphatic hydroxyl groups is 2. The molecule has 0 aliphatic heterocycles. The zero-order chi connectivity index (χ0) is 5.86. The van der Waals surface area contributed by atoms with Crippen molar-refractivity contribution in [2.24, 2.45) is 5.92 Å². The minimum Gasteiger partial charge on any atom is -0.390 e. The van der Waals surface area contributed by atoms with E-state index in [1.807, 2.05) is 13.8 Å². The molecule has 2 heteroatoms. The standard InChI is InChI=1S/C5H11O2/c1-4(2)5(7)3-6/h3-7H,1-2H3. The number of aliphatic hydroxyl groups excluding tert-OH is 2. The van der Waals surface area contributed by atoms with E-state index in [1.54, 1.807) is 0 Å². The molecule has 0 fully saturated rings. The minimum atomic E-state index is -0.667. The highest BCUT2D eigenvalue weighted by molar-refractivity contribution is 4.65. The quantitative estimate of drug-likeness (QED) is 0.535. The van der Waals surface area contributed by atoms with Crippen LogP contribution in [0.5, 0.6) is 0 Å². The van der Waals surface area contributed by atoms with Gasteiger partial charge >= 0.3 is 0 Å². The van der Waals surface area contributed by atoms with E-state index in [9.17, 15) is 0 Å². The fourth-order valence-electron chi connectivity index (χ4n) is 0.172. The van der Waals surface area contributed by atoms with Gasteiger partial charge in [-0.2, -0.15) is 0 Å². The molecule has 43 valence electrons. The number of hydrogen-bond acceptors (Lipinski definition) is 2. The second kappa shape index (κ2) is 2.99. The molecule has 0 bridgehead atoms. The first-order valence-electron chi connectivity index (χ1n) is 2.34. The van der Waals surface area contributed by atoms with Gasteiger partial charge in [-0.1, -0.05) is 13.8 Å². The SMILES string of the molecule is CC(C)C(O)[CH]O. The van der Waals surface area contributed by atoms with E-state index in [4.69, 9.17) is 10.2 Å². The van der Waals surface area contributed by atoms with Crippen molar-refractivity contribution >= 4 is 0 Å². The third kappa shape index (κ3) is 2.60. The van der Waals surface area contributed by atoms with Crippen molar-refractivity contribution < 1.29 is 10.2 Å². The zero-order valence-electron chi connectivity index (χ0n) is 4.63. The monoisotopic (exact) mass is 103 g/mol. The van der Waals surface area contributed by atoms with Crippen LogP contribution in [0, 0.1) is 12.5 Å². The minimum absolute atomic E-state index is 0.116. The van der Waals surface area contributed by atoms with Crippen molar-refractivity contribution in [1.82, 2.24) is 0 Å². The van der Waals surface area contributed by atoms with Gasteiger partial charge in [-0.05, 0) is 5.92 Å². The molecule has 2 N–H and O–H groups in total. The Labute approximate surface area is 43.8 Å². The summed E-state index contributed by atoms with van der Waals surface area (Å²) in [6, 6.07) is 0. The van der Waals surface area contributed by atoms with Crippen LogP contribution in [0.4, 0.5) is 0 Å². The van der Waals surface area contributed by atoms with Crippen molar-refractivity contribution in [3.05, 3.63) is 6.61 Å². The Hall–Kier alpha value is -0.0800. The molecule has 1 unspecified atom stereocenters. The summed E-state index contributed by atoms with van der Waals surface area (Å²) >= 11 is 0. The van der Waals surface area contributed by atoms with E-state index < -0.39 is 6.10 Å². The van der Waals surface area contributed by atoms with Crippen LogP contribution < -0.4 is 0 Å². The summed E-state index contributed by atoms with van der Waals surface area (Å²) in [4.78, 5) is 0. The Bertz CT molecular complexity index is 43.3. The van der Waals surface area contributed by atoms with E-state index in [0.717, 1.165) is 6.61 Å². The van der Waals surface area contributed by atoms with Crippen molar-refractivity contribution in [2.45, 2.75) is 20.0 Å². The van der Waals surface area contributed by atoms with Gasteiger partial charge in [0.05, 0.1) is 6.10 Å². The fourth-order valence-corrected chi connectivity index (χ4v) is 0.172. The van der Waals surface area contributed by atoms with Crippen LogP contribution in [0.25, 0.3) is 0 Å². The summed E-state index contributed by atoms with van der Waals surface area (Å²) in [5, 5.41) is 16.8. The lowest BCUT2D eigenvalue weighted by Gasteiger charge is -2.07. The lowest BCUT2D eigenvalue weighted by atomic mass is 10.1. The summed E-state index contributed by atoms with van der Waals surface area (Å²) in [6.07, 6.45) is -0.667. The number of rotatable bonds is 2. The van der Waals surface area contributed by atoms with Crippen molar-refractivity contribution in [3.8, 4) is 0 Å². The Balaban J connectivity index is 3.14. The maximum Gasteiger partial charge on any atom is 0.108 e. The molecule has 0 saturated carbocycles. The average molecular weight is 103 g/mol. The molecule has 1 radical (unpaired) electrons. The Morgan fingerprint density at radius 3 is 1.86 bits per heavy atom. The molecule has 0 aliphatic carbocycles. The van der Waals surface area contributed by atoms with Crippen LogP contribution in [0.2, 0.25) is 0 Å². The van der Waals surface area contributed by atoms with Crippen molar-refractivity contribution in [3.63, 3.8) is 0 Å². The molecule has 0 rings (SSSR count). The van der Waals surface area contributed by atoms with Gasteiger partial charge in [-0.25, -0.2) is 0 Å². The summed E-state index contributed by atoms with van der Waals surface area (Å²) < 4.78 is 0. The van der Waals surface area contributed by atoms with Gasteiger partial charge in [-0.3, -0.25) is 0 Å². The molecule has 0 amide bonds. The molecule has 7 heavy (non-hydrogen) atoms. The first kappa shape index (κ1) is 6.92. The maximum atomic E-state index is 8.63. The molecule has 0 aromatic rings. The summed E-state index contributed by atoms with van der Waals surface area (Å²) in [5.74, 6) is 0.116. The first-order chi connectivity index (χ1) is 3.18. The van der Waals surface area contributed by atoms with Crippen LogP contribution in [-0.2, 0) is 0 Å². The normalized spacial score (nSPS) is 15.0. The van der Waals surface area contributed by atoms with Crippen LogP contribution in [0.1, 0.15) is 13.8 Å². The molecule has 0 spiro atoms. The highest BCUT2D eigenvalue weighted by Crippen LogP contribution is 2.00. The molecular weight excluding hydrogens is 92.1 g/mol. The fraction of sp³-hybridized carbons (Fsp3) is 0.800. The predicted molar refractivity (Wildman–Crippen MR) is 27.1 cm³/mol. The van der Waals surface area contributed by atoms with Gasteiger partial charge in [0.2, 0.25) is 0 Å². The second-order valence-corrected chi connectivity index (χ2v) is 1.88. The molecular formula is C5H11O2. The molecule has 0 heterocycles. The van der Waals surface area contributed by atoms with E-state index in [2.05, 4.69) is 0 Å². The highest BCUT2D eigenvalue weighted by Gasteiger charge is 2.05. The molecule has 2 nitrogen and oxygen atoms in total. The van der Waals surface area contributed by atoms with E-state index >= 15 is 0 Å². The van der Waals surface area contributed by atoms with E-state index in [-0.39, 0.29) is 5.92 Å². The molecule has 0 aliphatic rings. The van der Waals surface area contributed by atoms with Crippen LogP contribution in [0.3, 0.4) is 0 Å². The Morgan fingerprint density at radius 1 is 1.43 bits per heavy atom. The lowest BCUT2D eigenvalue weighted by Crippen LogP contribution is -2.14. The van der Waals surface area contributed by atoms with Crippen LogP contribution in [-0.4, -0.2) is 16.3 Å². The van der Waals surface area contributed by atoms with Gasteiger partial charge in [0.15, 0.2) is 0 Å².